The number of hydrogen-bond donors (Lipinski definition) is 1. The molecular weight excluding hydrogens is 193 g/mol. The molecule has 0 saturated carbocycles. The van der Waals surface area contributed by atoms with Crippen LogP contribution in [0.2, 0.25) is 0 Å². The number of rotatable bonds is 5. The van der Waals surface area contributed by atoms with Gasteiger partial charge in [-0.15, -0.1) is 0 Å². The molecule has 0 bridgehead atoms. The van der Waals surface area contributed by atoms with Gasteiger partial charge in [0.2, 0.25) is 0 Å². The molecule has 2 unspecified atom stereocenters. The highest BCUT2D eigenvalue weighted by atomic mass is 19.1. The molecule has 0 aliphatic rings. The summed E-state index contributed by atoms with van der Waals surface area (Å²) < 4.78 is 17.8. The summed E-state index contributed by atoms with van der Waals surface area (Å²) in [6.07, 6.45) is 0.172. The molecule has 0 aliphatic heterocycles. The maximum absolute atomic E-state index is 12.6. The highest BCUT2D eigenvalue weighted by Crippen LogP contribution is 2.04. The maximum Gasteiger partial charge on any atom is 0.123 e. The standard InChI is InChI=1S/C12H18FNO/c1-9(10(2)15-3)14-8-11-4-6-12(13)7-5-11/h4-7,9-10,14H,8H2,1-3H3. The summed E-state index contributed by atoms with van der Waals surface area (Å²) in [4.78, 5) is 0. The Morgan fingerprint density at radius 1 is 1.27 bits per heavy atom. The normalized spacial score (nSPS) is 14.9. The average molecular weight is 211 g/mol. The van der Waals surface area contributed by atoms with Crippen LogP contribution in [0.5, 0.6) is 0 Å². The van der Waals surface area contributed by atoms with E-state index in [1.165, 1.54) is 12.1 Å². The Kier molecular flexibility index (Phi) is 4.72. The second-order valence-corrected chi connectivity index (χ2v) is 3.74. The van der Waals surface area contributed by atoms with Crippen LogP contribution in [-0.2, 0) is 11.3 Å². The first-order valence-electron chi connectivity index (χ1n) is 5.14. The first-order chi connectivity index (χ1) is 7.13. The van der Waals surface area contributed by atoms with E-state index in [0.717, 1.165) is 12.1 Å². The zero-order valence-corrected chi connectivity index (χ0v) is 9.46. The third kappa shape index (κ3) is 3.98. The van der Waals surface area contributed by atoms with Crippen LogP contribution < -0.4 is 5.32 Å². The first kappa shape index (κ1) is 12.1. The van der Waals surface area contributed by atoms with E-state index in [9.17, 15) is 4.39 Å². The van der Waals surface area contributed by atoms with Gasteiger partial charge in [-0.25, -0.2) is 4.39 Å². The maximum atomic E-state index is 12.6. The minimum absolute atomic E-state index is 0.172. The largest absolute Gasteiger partial charge is 0.380 e. The number of nitrogens with one attached hydrogen (secondary N) is 1. The van der Waals surface area contributed by atoms with Crippen molar-refractivity contribution in [2.24, 2.45) is 0 Å². The Labute approximate surface area is 90.4 Å². The third-order valence-electron chi connectivity index (χ3n) is 2.62. The predicted molar refractivity (Wildman–Crippen MR) is 59.2 cm³/mol. The van der Waals surface area contributed by atoms with Crippen LogP contribution >= 0.6 is 0 Å². The molecule has 0 amide bonds. The summed E-state index contributed by atoms with van der Waals surface area (Å²) in [6.45, 7) is 4.81. The summed E-state index contributed by atoms with van der Waals surface area (Å²) in [5.74, 6) is -0.197. The average Bonchev–Trinajstić information content (AvgIpc) is 2.26. The molecule has 2 nitrogen and oxygen atoms in total. The smallest absolute Gasteiger partial charge is 0.123 e. The lowest BCUT2D eigenvalue weighted by Crippen LogP contribution is -2.36. The molecular formula is C12H18FNO. The van der Waals surface area contributed by atoms with Gasteiger partial charge in [0.05, 0.1) is 6.10 Å². The molecule has 0 saturated heterocycles. The molecule has 3 heteroatoms. The number of benzene rings is 1. The summed E-state index contributed by atoms with van der Waals surface area (Å²) in [5, 5.41) is 3.32. The molecule has 0 fully saturated rings. The van der Waals surface area contributed by atoms with Crippen LogP contribution in [0.4, 0.5) is 4.39 Å². The predicted octanol–water partition coefficient (Wildman–Crippen LogP) is 2.34. The second-order valence-electron chi connectivity index (χ2n) is 3.74. The zero-order chi connectivity index (χ0) is 11.3. The van der Waals surface area contributed by atoms with Crippen molar-refractivity contribution < 1.29 is 9.13 Å². The lowest BCUT2D eigenvalue weighted by Gasteiger charge is -2.19. The molecule has 0 aromatic heterocycles. The first-order valence-corrected chi connectivity index (χ1v) is 5.14. The van der Waals surface area contributed by atoms with E-state index in [2.05, 4.69) is 12.2 Å². The van der Waals surface area contributed by atoms with E-state index < -0.39 is 0 Å². The van der Waals surface area contributed by atoms with Crippen molar-refractivity contribution in [3.63, 3.8) is 0 Å². The van der Waals surface area contributed by atoms with Gasteiger partial charge in [0, 0.05) is 19.7 Å². The molecule has 0 aliphatic carbocycles. The van der Waals surface area contributed by atoms with Crippen molar-refractivity contribution in [1.82, 2.24) is 5.32 Å². The van der Waals surface area contributed by atoms with Gasteiger partial charge in [0.1, 0.15) is 5.82 Å². The molecule has 0 spiro atoms. The molecule has 1 rings (SSSR count). The Hall–Kier alpha value is -0.930. The van der Waals surface area contributed by atoms with Crippen LogP contribution in [-0.4, -0.2) is 19.3 Å². The fourth-order valence-electron chi connectivity index (χ4n) is 1.25. The van der Waals surface area contributed by atoms with E-state index in [1.807, 2.05) is 6.92 Å². The quantitative estimate of drug-likeness (QED) is 0.807. The van der Waals surface area contributed by atoms with E-state index in [0.29, 0.717) is 0 Å². The number of hydrogen-bond acceptors (Lipinski definition) is 2. The molecule has 84 valence electrons. The van der Waals surface area contributed by atoms with E-state index in [1.54, 1.807) is 19.2 Å². The number of halogens is 1. The fraction of sp³-hybridized carbons (Fsp3) is 0.500. The highest BCUT2D eigenvalue weighted by Gasteiger charge is 2.09. The topological polar surface area (TPSA) is 21.3 Å². The van der Waals surface area contributed by atoms with Crippen molar-refractivity contribution in [2.75, 3.05) is 7.11 Å². The minimum Gasteiger partial charge on any atom is -0.380 e. The van der Waals surface area contributed by atoms with Gasteiger partial charge in [-0.2, -0.15) is 0 Å². The Bertz CT molecular complexity index is 286. The van der Waals surface area contributed by atoms with Crippen molar-refractivity contribution in [1.29, 1.82) is 0 Å². The zero-order valence-electron chi connectivity index (χ0n) is 9.46. The monoisotopic (exact) mass is 211 g/mol. The summed E-state index contributed by atoms with van der Waals surface area (Å²) in [7, 11) is 1.70. The van der Waals surface area contributed by atoms with Crippen LogP contribution in [0, 0.1) is 5.82 Å². The molecule has 0 radical (unpaired) electrons. The molecule has 15 heavy (non-hydrogen) atoms. The molecule has 1 aromatic carbocycles. The van der Waals surface area contributed by atoms with Crippen LogP contribution in [0.3, 0.4) is 0 Å². The van der Waals surface area contributed by atoms with E-state index >= 15 is 0 Å². The van der Waals surface area contributed by atoms with E-state index in [-0.39, 0.29) is 18.0 Å². The molecule has 2 atom stereocenters. The number of methoxy groups -OCH3 is 1. The summed E-state index contributed by atoms with van der Waals surface area (Å²) in [5.41, 5.74) is 1.08. The lowest BCUT2D eigenvalue weighted by molar-refractivity contribution is 0.0882. The number of ether oxygens (including phenoxy) is 1. The van der Waals surface area contributed by atoms with Crippen LogP contribution in [0.25, 0.3) is 0 Å². The minimum atomic E-state index is -0.197. The summed E-state index contributed by atoms with van der Waals surface area (Å²) in [6, 6.07) is 6.79. The van der Waals surface area contributed by atoms with Gasteiger partial charge in [0.15, 0.2) is 0 Å². The fourth-order valence-corrected chi connectivity index (χ4v) is 1.25. The third-order valence-corrected chi connectivity index (χ3v) is 2.62. The van der Waals surface area contributed by atoms with Gasteiger partial charge in [0.25, 0.3) is 0 Å². The van der Waals surface area contributed by atoms with Crippen molar-refractivity contribution in [3.8, 4) is 0 Å². The van der Waals surface area contributed by atoms with Gasteiger partial charge >= 0.3 is 0 Å². The van der Waals surface area contributed by atoms with Crippen molar-refractivity contribution >= 4 is 0 Å². The Morgan fingerprint density at radius 3 is 2.40 bits per heavy atom. The van der Waals surface area contributed by atoms with Gasteiger partial charge < -0.3 is 10.1 Å². The highest BCUT2D eigenvalue weighted by molar-refractivity contribution is 5.15. The van der Waals surface area contributed by atoms with Crippen LogP contribution in [0.15, 0.2) is 24.3 Å². The van der Waals surface area contributed by atoms with Crippen molar-refractivity contribution in [2.45, 2.75) is 32.5 Å². The van der Waals surface area contributed by atoms with Gasteiger partial charge in [-0.1, -0.05) is 12.1 Å². The summed E-state index contributed by atoms with van der Waals surface area (Å²) >= 11 is 0. The van der Waals surface area contributed by atoms with Gasteiger partial charge in [-0.3, -0.25) is 0 Å². The molecule has 1 aromatic rings. The molecule has 0 heterocycles. The SMILES string of the molecule is COC(C)C(C)NCc1ccc(F)cc1. The van der Waals surface area contributed by atoms with Gasteiger partial charge in [-0.05, 0) is 31.5 Å². The van der Waals surface area contributed by atoms with E-state index in [4.69, 9.17) is 4.74 Å². The lowest BCUT2D eigenvalue weighted by atomic mass is 10.1. The van der Waals surface area contributed by atoms with Crippen LogP contribution in [0.1, 0.15) is 19.4 Å². The Morgan fingerprint density at radius 2 is 1.87 bits per heavy atom. The Balaban J connectivity index is 2.40. The van der Waals surface area contributed by atoms with Crippen molar-refractivity contribution in [3.05, 3.63) is 35.6 Å². The molecule has 1 N–H and O–H groups in total. The second kappa shape index (κ2) is 5.83.